The lowest BCUT2D eigenvalue weighted by Crippen LogP contribution is -2.48. The van der Waals surface area contributed by atoms with Gasteiger partial charge >= 0.3 is 0 Å². The molecule has 1 amide bonds. The van der Waals surface area contributed by atoms with Crippen LogP contribution in [-0.2, 0) is 4.79 Å². The standard InChI is InChI=1S/C18H22N4O/c1-14-19-11-9-16(20-14)22-12-6-10-18(2,13-22)17(23)21-15-7-4-3-5-8-15/h3-5,7-9,11H,6,10,12-13H2,1-2H3,(H,21,23)/t18-/m0/s1. The molecular formula is C18H22N4O. The van der Waals surface area contributed by atoms with Crippen LogP contribution in [0.15, 0.2) is 42.6 Å². The van der Waals surface area contributed by atoms with E-state index in [0.29, 0.717) is 6.54 Å². The molecule has 0 radical (unpaired) electrons. The van der Waals surface area contributed by atoms with Crippen molar-refractivity contribution >= 4 is 17.4 Å². The normalized spacial score (nSPS) is 21.0. The van der Waals surface area contributed by atoms with Crippen molar-refractivity contribution in [1.82, 2.24) is 9.97 Å². The van der Waals surface area contributed by atoms with Crippen LogP contribution in [0.3, 0.4) is 0 Å². The van der Waals surface area contributed by atoms with Gasteiger partial charge in [-0.25, -0.2) is 9.97 Å². The number of hydrogen-bond acceptors (Lipinski definition) is 4. The summed E-state index contributed by atoms with van der Waals surface area (Å²) >= 11 is 0. The number of anilines is 2. The van der Waals surface area contributed by atoms with E-state index in [4.69, 9.17) is 0 Å². The van der Waals surface area contributed by atoms with Gasteiger partial charge in [0.2, 0.25) is 5.91 Å². The lowest BCUT2D eigenvalue weighted by Gasteiger charge is -2.39. The highest BCUT2D eigenvalue weighted by molar-refractivity contribution is 5.95. The van der Waals surface area contributed by atoms with Crippen LogP contribution in [0.25, 0.3) is 0 Å². The van der Waals surface area contributed by atoms with E-state index in [0.717, 1.165) is 36.7 Å². The van der Waals surface area contributed by atoms with Crippen molar-refractivity contribution in [3.8, 4) is 0 Å². The van der Waals surface area contributed by atoms with Gasteiger partial charge in [-0.2, -0.15) is 0 Å². The van der Waals surface area contributed by atoms with E-state index in [9.17, 15) is 4.79 Å². The Morgan fingerprint density at radius 3 is 2.78 bits per heavy atom. The zero-order chi connectivity index (χ0) is 16.3. The van der Waals surface area contributed by atoms with Crippen molar-refractivity contribution in [3.63, 3.8) is 0 Å². The molecule has 0 aliphatic carbocycles. The fourth-order valence-corrected chi connectivity index (χ4v) is 3.04. The minimum absolute atomic E-state index is 0.0687. The molecule has 1 atom stereocenters. The van der Waals surface area contributed by atoms with Gasteiger partial charge in [-0.05, 0) is 44.9 Å². The van der Waals surface area contributed by atoms with Gasteiger partial charge in [0.1, 0.15) is 11.6 Å². The van der Waals surface area contributed by atoms with E-state index in [2.05, 4.69) is 20.2 Å². The Morgan fingerprint density at radius 1 is 1.26 bits per heavy atom. The molecule has 2 aromatic rings. The lowest BCUT2D eigenvalue weighted by molar-refractivity contribution is -0.125. The molecular weight excluding hydrogens is 288 g/mol. The highest BCUT2D eigenvalue weighted by Gasteiger charge is 2.38. The molecule has 1 aliphatic rings. The second-order valence-electron chi connectivity index (χ2n) is 6.37. The third-order valence-electron chi connectivity index (χ3n) is 4.36. The van der Waals surface area contributed by atoms with Crippen LogP contribution in [0.1, 0.15) is 25.6 Å². The predicted molar refractivity (Wildman–Crippen MR) is 91.4 cm³/mol. The van der Waals surface area contributed by atoms with Crippen molar-refractivity contribution in [2.24, 2.45) is 5.41 Å². The van der Waals surface area contributed by atoms with Gasteiger partial charge in [-0.1, -0.05) is 18.2 Å². The monoisotopic (exact) mass is 310 g/mol. The van der Waals surface area contributed by atoms with Crippen LogP contribution in [0, 0.1) is 12.3 Å². The van der Waals surface area contributed by atoms with E-state index in [1.165, 1.54) is 0 Å². The zero-order valence-electron chi connectivity index (χ0n) is 13.6. The molecule has 1 aromatic carbocycles. The average Bonchev–Trinajstić information content (AvgIpc) is 2.56. The summed E-state index contributed by atoms with van der Waals surface area (Å²) in [4.78, 5) is 23.6. The number of rotatable bonds is 3. The first-order valence-electron chi connectivity index (χ1n) is 7.98. The number of amides is 1. The Morgan fingerprint density at radius 2 is 2.04 bits per heavy atom. The van der Waals surface area contributed by atoms with Crippen LogP contribution in [0.2, 0.25) is 0 Å². The van der Waals surface area contributed by atoms with Crippen LogP contribution in [0.4, 0.5) is 11.5 Å². The van der Waals surface area contributed by atoms with Crippen LogP contribution < -0.4 is 10.2 Å². The first kappa shape index (κ1) is 15.5. The number of carbonyl (C=O) groups is 1. The number of piperidine rings is 1. The molecule has 5 nitrogen and oxygen atoms in total. The molecule has 1 fully saturated rings. The highest BCUT2D eigenvalue weighted by Crippen LogP contribution is 2.32. The third-order valence-corrected chi connectivity index (χ3v) is 4.36. The van der Waals surface area contributed by atoms with E-state index in [1.807, 2.05) is 50.2 Å². The summed E-state index contributed by atoms with van der Waals surface area (Å²) in [6.07, 6.45) is 3.63. The van der Waals surface area contributed by atoms with Gasteiger partial charge in [0.15, 0.2) is 0 Å². The second-order valence-corrected chi connectivity index (χ2v) is 6.37. The zero-order valence-corrected chi connectivity index (χ0v) is 13.6. The molecule has 1 N–H and O–H groups in total. The molecule has 23 heavy (non-hydrogen) atoms. The van der Waals surface area contributed by atoms with Crippen molar-refractivity contribution in [2.75, 3.05) is 23.3 Å². The van der Waals surface area contributed by atoms with Crippen molar-refractivity contribution in [3.05, 3.63) is 48.4 Å². The van der Waals surface area contributed by atoms with Crippen LogP contribution in [0.5, 0.6) is 0 Å². The number of nitrogens with zero attached hydrogens (tertiary/aromatic N) is 3. The van der Waals surface area contributed by atoms with Gasteiger partial charge < -0.3 is 10.2 Å². The average molecular weight is 310 g/mol. The second kappa shape index (κ2) is 6.36. The van der Waals surface area contributed by atoms with Gasteiger partial charge in [-0.3, -0.25) is 4.79 Å². The molecule has 3 rings (SSSR count). The first-order valence-corrected chi connectivity index (χ1v) is 7.98. The summed E-state index contributed by atoms with van der Waals surface area (Å²) in [5, 5.41) is 3.04. The summed E-state index contributed by atoms with van der Waals surface area (Å²) in [6.45, 7) is 5.51. The fraction of sp³-hybridized carbons (Fsp3) is 0.389. The Hall–Kier alpha value is -2.43. The minimum Gasteiger partial charge on any atom is -0.355 e. The van der Waals surface area contributed by atoms with Gasteiger partial charge in [0.25, 0.3) is 0 Å². The van der Waals surface area contributed by atoms with E-state index in [-0.39, 0.29) is 5.91 Å². The molecule has 1 aliphatic heterocycles. The lowest BCUT2D eigenvalue weighted by atomic mass is 9.81. The first-order chi connectivity index (χ1) is 11.1. The van der Waals surface area contributed by atoms with E-state index < -0.39 is 5.41 Å². The van der Waals surface area contributed by atoms with Gasteiger partial charge in [-0.15, -0.1) is 0 Å². The number of nitrogens with one attached hydrogen (secondary N) is 1. The topological polar surface area (TPSA) is 58.1 Å². The van der Waals surface area contributed by atoms with Crippen LogP contribution >= 0.6 is 0 Å². The SMILES string of the molecule is Cc1nccc(N2CCC[C@](C)(C(=O)Nc3ccccc3)C2)n1. The Bertz CT molecular complexity index is 688. The molecule has 1 aromatic heterocycles. The number of aromatic nitrogens is 2. The largest absolute Gasteiger partial charge is 0.355 e. The molecule has 2 heterocycles. The molecule has 120 valence electrons. The summed E-state index contributed by atoms with van der Waals surface area (Å²) in [5.41, 5.74) is 0.418. The van der Waals surface area contributed by atoms with E-state index >= 15 is 0 Å². The third kappa shape index (κ3) is 3.50. The number of hydrogen-bond donors (Lipinski definition) is 1. The van der Waals surface area contributed by atoms with Gasteiger partial charge in [0.05, 0.1) is 5.41 Å². The number of aryl methyl sites for hydroxylation is 1. The Balaban J connectivity index is 1.74. The Kier molecular flexibility index (Phi) is 4.28. The van der Waals surface area contributed by atoms with E-state index in [1.54, 1.807) is 6.20 Å². The number of para-hydroxylation sites is 1. The smallest absolute Gasteiger partial charge is 0.232 e. The summed E-state index contributed by atoms with van der Waals surface area (Å²) < 4.78 is 0. The van der Waals surface area contributed by atoms with Gasteiger partial charge in [0, 0.05) is 25.0 Å². The van der Waals surface area contributed by atoms with Crippen molar-refractivity contribution in [1.29, 1.82) is 0 Å². The minimum atomic E-state index is -0.424. The molecule has 1 saturated heterocycles. The molecule has 5 heteroatoms. The quantitative estimate of drug-likeness (QED) is 0.946. The Labute approximate surface area is 136 Å². The highest BCUT2D eigenvalue weighted by atomic mass is 16.2. The number of carbonyl (C=O) groups excluding carboxylic acids is 1. The number of benzene rings is 1. The molecule has 0 bridgehead atoms. The molecule has 0 spiro atoms. The fourth-order valence-electron chi connectivity index (χ4n) is 3.04. The maximum Gasteiger partial charge on any atom is 0.232 e. The maximum atomic E-state index is 12.8. The maximum absolute atomic E-state index is 12.8. The molecule has 0 saturated carbocycles. The van der Waals surface area contributed by atoms with Crippen LogP contribution in [-0.4, -0.2) is 29.0 Å². The predicted octanol–water partition coefficient (Wildman–Crippen LogP) is 3.03. The van der Waals surface area contributed by atoms with Crippen molar-refractivity contribution in [2.45, 2.75) is 26.7 Å². The van der Waals surface area contributed by atoms with Crippen molar-refractivity contribution < 1.29 is 4.79 Å². The molecule has 0 unspecified atom stereocenters. The summed E-state index contributed by atoms with van der Waals surface area (Å²) in [7, 11) is 0. The summed E-state index contributed by atoms with van der Waals surface area (Å²) in [6, 6.07) is 11.5. The summed E-state index contributed by atoms with van der Waals surface area (Å²) in [5.74, 6) is 1.72.